The van der Waals surface area contributed by atoms with Gasteiger partial charge in [-0.2, -0.15) is 0 Å². The minimum absolute atomic E-state index is 0.573. The quantitative estimate of drug-likeness (QED) is 0.904. The number of nitrogens with zero attached hydrogens (tertiary/aromatic N) is 1. The number of rotatable bonds is 2. The first-order valence-electron chi connectivity index (χ1n) is 7.12. The fraction of sp³-hybridized carbons (Fsp3) is 0.600. The molecule has 4 heteroatoms. The van der Waals surface area contributed by atoms with Gasteiger partial charge in [-0.1, -0.05) is 15.9 Å². The molecule has 0 aliphatic carbocycles. The second-order valence-electron chi connectivity index (χ2n) is 5.60. The third kappa shape index (κ3) is 3.12. The predicted octanol–water partition coefficient (Wildman–Crippen LogP) is 2.57. The molecule has 2 aliphatic rings. The lowest BCUT2D eigenvalue weighted by molar-refractivity contribution is 0.259. The van der Waals surface area contributed by atoms with E-state index in [1.165, 1.54) is 28.6 Å². The van der Waals surface area contributed by atoms with Crippen LogP contribution < -0.4 is 10.1 Å². The Kier molecular flexibility index (Phi) is 4.10. The maximum atomic E-state index is 5.82. The molecule has 0 amide bonds. The average Bonchev–Trinajstić information content (AvgIpc) is 2.73. The van der Waals surface area contributed by atoms with Crippen molar-refractivity contribution in [1.82, 2.24) is 10.2 Å². The number of ether oxygens (including phenoxy) is 1. The highest BCUT2D eigenvalue weighted by molar-refractivity contribution is 9.10. The van der Waals surface area contributed by atoms with E-state index < -0.39 is 0 Å². The summed E-state index contributed by atoms with van der Waals surface area (Å²) in [5.41, 5.74) is 2.68. The zero-order chi connectivity index (χ0) is 13.2. The van der Waals surface area contributed by atoms with Crippen molar-refractivity contribution in [3.8, 4) is 5.75 Å². The molecule has 1 saturated heterocycles. The van der Waals surface area contributed by atoms with Crippen molar-refractivity contribution in [3.05, 3.63) is 27.7 Å². The van der Waals surface area contributed by atoms with Crippen LogP contribution in [0, 0.1) is 0 Å². The normalized spacial score (nSPS) is 23.8. The average molecular weight is 325 g/mol. The lowest BCUT2D eigenvalue weighted by atomic mass is 10.1. The van der Waals surface area contributed by atoms with Crippen LogP contribution in [0.2, 0.25) is 0 Å². The van der Waals surface area contributed by atoms with E-state index in [-0.39, 0.29) is 0 Å². The molecule has 1 atom stereocenters. The third-order valence-electron chi connectivity index (χ3n) is 3.90. The summed E-state index contributed by atoms with van der Waals surface area (Å²) >= 11 is 3.62. The summed E-state index contributed by atoms with van der Waals surface area (Å²) < 4.78 is 6.99. The molecule has 1 N–H and O–H groups in total. The smallest absolute Gasteiger partial charge is 0.127 e. The molecule has 1 aromatic rings. The maximum absolute atomic E-state index is 5.82. The largest absolute Gasteiger partial charge is 0.493 e. The molecule has 0 spiro atoms. The number of nitrogens with one attached hydrogen (secondary N) is 1. The first kappa shape index (κ1) is 13.4. The number of hydrogen-bond donors (Lipinski definition) is 1. The summed E-state index contributed by atoms with van der Waals surface area (Å²) in [5.74, 6) is 1.13. The molecule has 3 rings (SSSR count). The summed E-state index contributed by atoms with van der Waals surface area (Å²) in [7, 11) is 0. The van der Waals surface area contributed by atoms with Gasteiger partial charge in [0.1, 0.15) is 5.75 Å². The van der Waals surface area contributed by atoms with Crippen LogP contribution in [-0.2, 0) is 13.0 Å². The van der Waals surface area contributed by atoms with Gasteiger partial charge in [0.2, 0.25) is 0 Å². The van der Waals surface area contributed by atoms with Crippen LogP contribution in [0.15, 0.2) is 16.6 Å². The molecule has 1 aromatic carbocycles. The first-order chi connectivity index (χ1) is 9.22. The van der Waals surface area contributed by atoms with Crippen LogP contribution in [0.1, 0.15) is 24.5 Å². The fourth-order valence-electron chi connectivity index (χ4n) is 3.04. The van der Waals surface area contributed by atoms with E-state index >= 15 is 0 Å². The Morgan fingerprint density at radius 3 is 3.26 bits per heavy atom. The van der Waals surface area contributed by atoms with Gasteiger partial charge in [-0.15, -0.1) is 0 Å². The Labute approximate surface area is 123 Å². The van der Waals surface area contributed by atoms with Crippen molar-refractivity contribution >= 4 is 15.9 Å². The summed E-state index contributed by atoms with van der Waals surface area (Å²) in [4.78, 5) is 2.54. The van der Waals surface area contributed by atoms with Crippen LogP contribution in [0.3, 0.4) is 0 Å². The van der Waals surface area contributed by atoms with Gasteiger partial charge in [-0.3, -0.25) is 4.90 Å². The summed E-state index contributed by atoms with van der Waals surface area (Å²) in [6, 6.07) is 4.98. The number of hydrogen-bond acceptors (Lipinski definition) is 3. The highest BCUT2D eigenvalue weighted by atomic mass is 79.9. The summed E-state index contributed by atoms with van der Waals surface area (Å²) in [6.45, 7) is 7.50. The Morgan fingerprint density at radius 1 is 1.47 bits per heavy atom. The van der Waals surface area contributed by atoms with Gasteiger partial charge >= 0.3 is 0 Å². The molecule has 0 aromatic heterocycles. The Morgan fingerprint density at radius 2 is 2.37 bits per heavy atom. The van der Waals surface area contributed by atoms with Gasteiger partial charge in [-0.25, -0.2) is 0 Å². The summed E-state index contributed by atoms with van der Waals surface area (Å²) in [6.07, 6.45) is 2.27. The van der Waals surface area contributed by atoms with E-state index in [9.17, 15) is 0 Å². The van der Waals surface area contributed by atoms with Crippen LogP contribution in [0.25, 0.3) is 0 Å². The molecular weight excluding hydrogens is 304 g/mol. The van der Waals surface area contributed by atoms with E-state index in [0.717, 1.165) is 38.4 Å². The van der Waals surface area contributed by atoms with Gasteiger partial charge < -0.3 is 10.1 Å². The topological polar surface area (TPSA) is 24.5 Å². The predicted molar refractivity (Wildman–Crippen MR) is 80.7 cm³/mol. The molecule has 0 bridgehead atoms. The number of halogens is 1. The van der Waals surface area contributed by atoms with Crippen LogP contribution in [0.4, 0.5) is 0 Å². The van der Waals surface area contributed by atoms with Crippen molar-refractivity contribution in [3.63, 3.8) is 0 Å². The van der Waals surface area contributed by atoms with E-state index in [2.05, 4.69) is 45.2 Å². The lowest BCUT2D eigenvalue weighted by Crippen LogP contribution is -2.35. The van der Waals surface area contributed by atoms with Gasteiger partial charge in [-0.05, 0) is 44.1 Å². The Hall–Kier alpha value is -0.580. The number of benzene rings is 1. The first-order valence-corrected chi connectivity index (χ1v) is 7.91. The highest BCUT2D eigenvalue weighted by Crippen LogP contribution is 2.33. The molecule has 3 nitrogen and oxygen atoms in total. The van der Waals surface area contributed by atoms with E-state index in [4.69, 9.17) is 4.74 Å². The van der Waals surface area contributed by atoms with Crippen molar-refractivity contribution in [2.75, 3.05) is 26.2 Å². The third-order valence-corrected chi connectivity index (χ3v) is 4.35. The van der Waals surface area contributed by atoms with Gasteiger partial charge in [0.15, 0.2) is 0 Å². The second kappa shape index (κ2) is 5.81. The standard InChI is InChI=1S/C15H21BrN2O/c1-11-9-18(5-2-4-17-11)10-13-8-14(16)7-12-3-6-19-15(12)13/h7-8,11,17H,2-6,9-10H2,1H3. The molecule has 2 heterocycles. The van der Waals surface area contributed by atoms with E-state index in [1.807, 2.05) is 0 Å². The summed E-state index contributed by atoms with van der Waals surface area (Å²) in [5, 5.41) is 3.54. The molecule has 1 fully saturated rings. The van der Waals surface area contributed by atoms with Crippen LogP contribution in [0.5, 0.6) is 5.75 Å². The van der Waals surface area contributed by atoms with Crippen molar-refractivity contribution < 1.29 is 4.74 Å². The zero-order valence-corrected chi connectivity index (χ0v) is 13.0. The van der Waals surface area contributed by atoms with Crippen LogP contribution in [-0.4, -0.2) is 37.2 Å². The molecular formula is C15H21BrN2O. The van der Waals surface area contributed by atoms with Crippen LogP contribution >= 0.6 is 15.9 Å². The molecule has 104 valence electrons. The lowest BCUT2D eigenvalue weighted by Gasteiger charge is -2.23. The van der Waals surface area contributed by atoms with Crippen molar-refractivity contribution in [2.45, 2.75) is 32.4 Å². The molecule has 2 aliphatic heterocycles. The Balaban J connectivity index is 1.79. The second-order valence-corrected chi connectivity index (χ2v) is 6.51. The van der Waals surface area contributed by atoms with Gasteiger partial charge in [0.25, 0.3) is 0 Å². The van der Waals surface area contributed by atoms with Gasteiger partial charge in [0, 0.05) is 35.6 Å². The minimum atomic E-state index is 0.573. The maximum Gasteiger partial charge on any atom is 0.127 e. The highest BCUT2D eigenvalue weighted by Gasteiger charge is 2.20. The molecule has 0 radical (unpaired) electrons. The SMILES string of the molecule is CC1CN(Cc2cc(Br)cc3c2OCC3)CCCN1. The van der Waals surface area contributed by atoms with Crippen molar-refractivity contribution in [1.29, 1.82) is 0 Å². The number of fused-ring (bicyclic) bond motifs is 1. The Bertz CT molecular complexity index is 464. The molecule has 0 saturated carbocycles. The van der Waals surface area contributed by atoms with Gasteiger partial charge in [0.05, 0.1) is 6.61 Å². The molecule has 1 unspecified atom stereocenters. The van der Waals surface area contributed by atoms with E-state index in [1.54, 1.807) is 0 Å². The monoisotopic (exact) mass is 324 g/mol. The fourth-order valence-corrected chi connectivity index (χ4v) is 3.59. The van der Waals surface area contributed by atoms with Crippen molar-refractivity contribution in [2.24, 2.45) is 0 Å². The zero-order valence-electron chi connectivity index (χ0n) is 11.4. The van der Waals surface area contributed by atoms with E-state index in [0.29, 0.717) is 6.04 Å². The molecule has 19 heavy (non-hydrogen) atoms. The minimum Gasteiger partial charge on any atom is -0.493 e.